The molecule has 0 bridgehead atoms. The molecule has 4 nitrogen and oxygen atoms in total. The second kappa shape index (κ2) is 6.73. The van der Waals surface area contributed by atoms with Crippen molar-refractivity contribution in [2.24, 2.45) is 0 Å². The molecule has 2 aromatic carbocycles. The molecule has 22 heavy (non-hydrogen) atoms. The Morgan fingerprint density at radius 3 is 2.32 bits per heavy atom. The highest BCUT2D eigenvalue weighted by molar-refractivity contribution is 5.84. The van der Waals surface area contributed by atoms with Gasteiger partial charge in [0, 0.05) is 13.1 Å². The highest BCUT2D eigenvalue weighted by Crippen LogP contribution is 2.39. The predicted molar refractivity (Wildman–Crippen MR) is 83.0 cm³/mol. The van der Waals surface area contributed by atoms with Crippen molar-refractivity contribution < 1.29 is 14.6 Å². The Bertz CT molecular complexity index is 615. The highest BCUT2D eigenvalue weighted by Gasteiger charge is 2.47. The van der Waals surface area contributed by atoms with Gasteiger partial charge in [-0.15, -0.1) is 0 Å². The molecule has 3 rings (SSSR count). The number of benzene rings is 2. The Hall–Kier alpha value is -2.17. The molecule has 1 unspecified atom stereocenters. The third-order valence-electron chi connectivity index (χ3n) is 3.76. The average molecular weight is 297 g/mol. The summed E-state index contributed by atoms with van der Waals surface area (Å²) in [6, 6.07) is 19.5. The number of carbonyl (C=O) groups is 1. The summed E-state index contributed by atoms with van der Waals surface area (Å²) < 4.78 is 5.56. The van der Waals surface area contributed by atoms with Crippen molar-refractivity contribution in [3.05, 3.63) is 71.8 Å². The summed E-state index contributed by atoms with van der Waals surface area (Å²) in [6.07, 6.45) is -0.594. The molecule has 114 valence electrons. The van der Waals surface area contributed by atoms with Crippen LogP contribution in [0.3, 0.4) is 0 Å². The minimum Gasteiger partial charge on any atom is -0.395 e. The molecular formula is C18H19NO3. The quantitative estimate of drug-likeness (QED) is 0.831. The van der Waals surface area contributed by atoms with E-state index in [9.17, 15) is 9.90 Å². The van der Waals surface area contributed by atoms with Gasteiger partial charge in [0.2, 0.25) is 0 Å². The lowest BCUT2D eigenvalue weighted by atomic mass is 10.1. The van der Waals surface area contributed by atoms with Crippen molar-refractivity contribution in [3.63, 3.8) is 0 Å². The van der Waals surface area contributed by atoms with E-state index in [1.165, 1.54) is 0 Å². The van der Waals surface area contributed by atoms with E-state index >= 15 is 0 Å². The number of ether oxygens (including phenoxy) is 1. The minimum absolute atomic E-state index is 0.0543. The van der Waals surface area contributed by atoms with Crippen LogP contribution >= 0.6 is 0 Å². The summed E-state index contributed by atoms with van der Waals surface area (Å²) in [5, 5.41) is 9.21. The molecule has 1 aliphatic rings. The van der Waals surface area contributed by atoms with Gasteiger partial charge in [-0.05, 0) is 11.1 Å². The van der Waals surface area contributed by atoms with Crippen molar-refractivity contribution >= 4 is 5.91 Å². The van der Waals surface area contributed by atoms with E-state index in [1.54, 1.807) is 4.90 Å². The van der Waals surface area contributed by atoms with Crippen molar-refractivity contribution in [1.29, 1.82) is 0 Å². The van der Waals surface area contributed by atoms with Crippen LogP contribution in [-0.4, -0.2) is 35.2 Å². The standard InChI is InChI=1S/C18H19NO3/c20-12-11-19(13-14-7-3-1-4-8-14)18(21)17-16(22-17)15-9-5-2-6-10-15/h1-10,16-17,20H,11-13H2/t16-,17?/m0/s1. The Labute approximate surface area is 130 Å². The van der Waals surface area contributed by atoms with E-state index in [1.807, 2.05) is 60.7 Å². The second-order valence-electron chi connectivity index (χ2n) is 5.36. The lowest BCUT2D eigenvalue weighted by Gasteiger charge is -2.21. The molecule has 1 fully saturated rings. The molecule has 2 aromatic rings. The van der Waals surface area contributed by atoms with Crippen LogP contribution in [-0.2, 0) is 16.1 Å². The fourth-order valence-electron chi connectivity index (χ4n) is 2.57. The van der Waals surface area contributed by atoms with Gasteiger partial charge in [-0.2, -0.15) is 0 Å². The van der Waals surface area contributed by atoms with E-state index in [2.05, 4.69) is 0 Å². The van der Waals surface area contributed by atoms with Gasteiger partial charge in [-0.25, -0.2) is 0 Å². The number of carbonyl (C=O) groups excluding carboxylic acids is 1. The topological polar surface area (TPSA) is 53.1 Å². The molecule has 0 aromatic heterocycles. The molecule has 0 aliphatic carbocycles. The second-order valence-corrected chi connectivity index (χ2v) is 5.36. The molecular weight excluding hydrogens is 278 g/mol. The first-order valence-corrected chi connectivity index (χ1v) is 7.43. The van der Waals surface area contributed by atoms with Crippen molar-refractivity contribution in [1.82, 2.24) is 4.90 Å². The molecule has 0 radical (unpaired) electrons. The first-order chi connectivity index (χ1) is 10.8. The van der Waals surface area contributed by atoms with Crippen molar-refractivity contribution in [2.45, 2.75) is 18.8 Å². The monoisotopic (exact) mass is 297 g/mol. The smallest absolute Gasteiger partial charge is 0.255 e. The molecule has 1 heterocycles. The number of amides is 1. The van der Waals surface area contributed by atoms with Crippen LogP contribution in [0.1, 0.15) is 17.2 Å². The summed E-state index contributed by atoms with van der Waals surface area (Å²) >= 11 is 0. The third kappa shape index (κ3) is 3.35. The van der Waals surface area contributed by atoms with Gasteiger partial charge in [0.1, 0.15) is 6.10 Å². The van der Waals surface area contributed by atoms with E-state index in [4.69, 9.17) is 4.74 Å². The van der Waals surface area contributed by atoms with Crippen LogP contribution in [0, 0.1) is 0 Å². The molecule has 1 N–H and O–H groups in total. The first kappa shape index (κ1) is 14.8. The zero-order valence-corrected chi connectivity index (χ0v) is 12.3. The van der Waals surface area contributed by atoms with E-state index in [0.29, 0.717) is 13.1 Å². The number of hydrogen-bond acceptors (Lipinski definition) is 3. The predicted octanol–water partition coefficient (Wildman–Crippen LogP) is 2.15. The average Bonchev–Trinajstić information content (AvgIpc) is 3.36. The fraction of sp³-hybridized carbons (Fsp3) is 0.278. The number of aliphatic hydroxyl groups is 1. The van der Waals surface area contributed by atoms with Gasteiger partial charge >= 0.3 is 0 Å². The SMILES string of the molecule is O=C(C1O[C@H]1c1ccccc1)N(CCO)Cc1ccccc1. The first-order valence-electron chi connectivity index (χ1n) is 7.43. The van der Waals surface area contributed by atoms with Gasteiger partial charge < -0.3 is 14.7 Å². The number of hydrogen-bond donors (Lipinski definition) is 1. The van der Waals surface area contributed by atoms with Crippen LogP contribution in [0.4, 0.5) is 0 Å². The van der Waals surface area contributed by atoms with E-state index in [0.717, 1.165) is 11.1 Å². The van der Waals surface area contributed by atoms with Gasteiger partial charge in [0.25, 0.3) is 5.91 Å². The fourth-order valence-corrected chi connectivity index (χ4v) is 2.57. The van der Waals surface area contributed by atoms with E-state index < -0.39 is 6.10 Å². The molecule has 4 heteroatoms. The van der Waals surface area contributed by atoms with Gasteiger partial charge in [0.15, 0.2) is 6.10 Å². The van der Waals surface area contributed by atoms with Crippen LogP contribution in [0.2, 0.25) is 0 Å². The molecule has 0 saturated carbocycles. The zero-order valence-electron chi connectivity index (χ0n) is 12.3. The van der Waals surface area contributed by atoms with Gasteiger partial charge in [0.05, 0.1) is 6.61 Å². The Morgan fingerprint density at radius 1 is 1.05 bits per heavy atom. The minimum atomic E-state index is -0.433. The Balaban J connectivity index is 1.66. The lowest BCUT2D eigenvalue weighted by Crippen LogP contribution is -2.36. The van der Waals surface area contributed by atoms with Crippen LogP contribution < -0.4 is 0 Å². The summed E-state index contributed by atoms with van der Waals surface area (Å²) in [5.74, 6) is -0.0632. The maximum Gasteiger partial charge on any atom is 0.255 e. The van der Waals surface area contributed by atoms with E-state index in [-0.39, 0.29) is 18.6 Å². The lowest BCUT2D eigenvalue weighted by molar-refractivity contribution is -0.133. The molecule has 1 saturated heterocycles. The van der Waals surface area contributed by atoms with Gasteiger partial charge in [-0.1, -0.05) is 60.7 Å². The third-order valence-corrected chi connectivity index (χ3v) is 3.76. The van der Waals surface area contributed by atoms with Crippen molar-refractivity contribution in [2.75, 3.05) is 13.2 Å². The number of nitrogens with zero attached hydrogens (tertiary/aromatic N) is 1. The number of epoxide rings is 1. The Morgan fingerprint density at radius 2 is 1.68 bits per heavy atom. The largest absolute Gasteiger partial charge is 0.395 e. The number of aliphatic hydroxyl groups excluding tert-OH is 1. The maximum atomic E-state index is 12.6. The summed E-state index contributed by atoms with van der Waals surface area (Å²) in [6.45, 7) is 0.748. The van der Waals surface area contributed by atoms with Crippen LogP contribution in [0.25, 0.3) is 0 Å². The summed E-state index contributed by atoms with van der Waals surface area (Å²) in [5.41, 5.74) is 2.06. The number of rotatable bonds is 6. The molecule has 1 aliphatic heterocycles. The van der Waals surface area contributed by atoms with Crippen molar-refractivity contribution in [3.8, 4) is 0 Å². The highest BCUT2D eigenvalue weighted by atomic mass is 16.6. The summed E-state index contributed by atoms with van der Waals surface area (Å²) in [7, 11) is 0. The van der Waals surface area contributed by atoms with Crippen LogP contribution in [0.15, 0.2) is 60.7 Å². The molecule has 2 atom stereocenters. The van der Waals surface area contributed by atoms with Crippen LogP contribution in [0.5, 0.6) is 0 Å². The zero-order chi connectivity index (χ0) is 15.4. The Kier molecular flexibility index (Phi) is 4.51. The molecule has 0 spiro atoms. The summed E-state index contributed by atoms with van der Waals surface area (Å²) in [4.78, 5) is 14.2. The maximum absolute atomic E-state index is 12.6. The van der Waals surface area contributed by atoms with Gasteiger partial charge in [-0.3, -0.25) is 4.79 Å². The molecule has 1 amide bonds. The normalized spacial score (nSPS) is 19.7.